The zero-order valence-electron chi connectivity index (χ0n) is 13.5. The summed E-state index contributed by atoms with van der Waals surface area (Å²) in [6, 6.07) is 7.81. The van der Waals surface area contributed by atoms with Gasteiger partial charge < -0.3 is 19.3 Å². The minimum atomic E-state index is -0.217. The molecule has 2 N–H and O–H groups in total. The average Bonchev–Trinajstić information content (AvgIpc) is 2.83. The molecule has 0 amide bonds. The van der Waals surface area contributed by atoms with Gasteiger partial charge in [0.05, 0.1) is 19.2 Å². The van der Waals surface area contributed by atoms with E-state index < -0.39 is 0 Å². The van der Waals surface area contributed by atoms with Crippen molar-refractivity contribution in [1.82, 2.24) is 14.3 Å². The number of ether oxygens (including phenoxy) is 1. The van der Waals surface area contributed by atoms with Crippen LogP contribution in [0.5, 0.6) is 5.75 Å². The number of aliphatic hydroxyl groups is 1. The van der Waals surface area contributed by atoms with Crippen molar-refractivity contribution in [2.24, 2.45) is 7.05 Å². The van der Waals surface area contributed by atoms with E-state index in [1.807, 2.05) is 40.6 Å². The Hall–Kier alpha value is -1.70. The maximum absolute atomic E-state index is 9.83. The minimum absolute atomic E-state index is 0.217. The smallest absolute Gasteiger partial charge is 0.202 e. The van der Waals surface area contributed by atoms with E-state index in [0.29, 0.717) is 11.4 Å². The van der Waals surface area contributed by atoms with Crippen LogP contribution in [0.25, 0.3) is 11.4 Å². The molecule has 124 valence electrons. The van der Waals surface area contributed by atoms with E-state index in [-0.39, 0.29) is 6.10 Å². The molecule has 6 nitrogen and oxygen atoms in total. The van der Waals surface area contributed by atoms with Crippen molar-refractivity contribution in [3.63, 3.8) is 0 Å². The van der Waals surface area contributed by atoms with Crippen LogP contribution >= 0.6 is 12.2 Å². The Bertz CT molecular complexity index is 740. The van der Waals surface area contributed by atoms with E-state index in [1.165, 1.54) is 4.90 Å². The number of nitrogens with one attached hydrogen (secondary N) is 1. The topological polar surface area (TPSA) is 56.6 Å². The maximum atomic E-state index is 9.83. The number of methoxy groups -OCH3 is 1. The monoisotopic (exact) mass is 335 g/mol. The number of hydrogen-bond acceptors (Lipinski definition) is 4. The number of aliphatic hydroxyl groups excluding tert-OH is 1. The predicted molar refractivity (Wildman–Crippen MR) is 90.0 cm³/mol. The number of nitrogens with zero attached hydrogens (tertiary/aromatic N) is 3. The molecule has 1 aliphatic rings. The highest BCUT2D eigenvalue weighted by molar-refractivity contribution is 7.71. The SMILES string of the molecule is COc1ccccc1-c1nn(C[NH+]2CCC[C@@H](O)C2)c(=S)n1C. The van der Waals surface area contributed by atoms with Gasteiger partial charge in [-0.25, -0.2) is 0 Å². The van der Waals surface area contributed by atoms with E-state index in [1.54, 1.807) is 7.11 Å². The largest absolute Gasteiger partial charge is 0.496 e. The second-order valence-corrected chi connectivity index (χ2v) is 6.39. The molecule has 0 radical (unpaired) electrons. The first-order valence-corrected chi connectivity index (χ1v) is 8.30. The van der Waals surface area contributed by atoms with Crippen LogP contribution in [0, 0.1) is 4.77 Å². The second kappa shape index (κ2) is 6.82. The molecule has 0 saturated carbocycles. The Kier molecular flexibility index (Phi) is 4.79. The van der Waals surface area contributed by atoms with Crippen molar-refractivity contribution >= 4 is 12.2 Å². The fourth-order valence-electron chi connectivity index (χ4n) is 3.14. The Morgan fingerprint density at radius 3 is 2.96 bits per heavy atom. The summed E-state index contributed by atoms with van der Waals surface area (Å²) in [6.07, 6.45) is 1.71. The second-order valence-electron chi connectivity index (χ2n) is 6.02. The fourth-order valence-corrected chi connectivity index (χ4v) is 3.33. The van der Waals surface area contributed by atoms with Crippen LogP contribution in [0.2, 0.25) is 0 Å². The lowest BCUT2D eigenvalue weighted by molar-refractivity contribution is -0.931. The van der Waals surface area contributed by atoms with Gasteiger partial charge in [0.1, 0.15) is 18.4 Å². The van der Waals surface area contributed by atoms with Crippen molar-refractivity contribution in [2.45, 2.75) is 25.6 Å². The quantitative estimate of drug-likeness (QED) is 0.805. The van der Waals surface area contributed by atoms with Crippen LogP contribution in [0.4, 0.5) is 0 Å². The molecule has 3 rings (SSSR count). The van der Waals surface area contributed by atoms with Gasteiger partial charge in [-0.1, -0.05) is 12.1 Å². The summed E-state index contributed by atoms with van der Waals surface area (Å²) in [5, 5.41) is 14.5. The van der Waals surface area contributed by atoms with E-state index in [9.17, 15) is 5.11 Å². The summed E-state index contributed by atoms with van der Waals surface area (Å²) in [5.74, 6) is 1.58. The van der Waals surface area contributed by atoms with Crippen molar-refractivity contribution in [3.05, 3.63) is 29.0 Å². The number of piperidine rings is 1. The molecule has 0 aliphatic carbocycles. The number of hydrogen-bond donors (Lipinski definition) is 2. The highest BCUT2D eigenvalue weighted by atomic mass is 32.1. The normalized spacial score (nSPS) is 21.3. The molecule has 1 fully saturated rings. The number of quaternary nitrogens is 1. The average molecular weight is 335 g/mol. The van der Waals surface area contributed by atoms with E-state index in [2.05, 4.69) is 0 Å². The molecule has 2 atom stereocenters. The molecule has 0 bridgehead atoms. The van der Waals surface area contributed by atoms with Gasteiger partial charge in [-0.3, -0.25) is 0 Å². The summed E-state index contributed by atoms with van der Waals surface area (Å²) in [4.78, 5) is 1.31. The molecule has 1 aromatic carbocycles. The molecule has 1 unspecified atom stereocenters. The highest BCUT2D eigenvalue weighted by Gasteiger charge is 2.23. The van der Waals surface area contributed by atoms with E-state index in [0.717, 1.165) is 43.1 Å². The first-order chi connectivity index (χ1) is 11.1. The molecular formula is C16H23N4O2S+. The molecule has 1 saturated heterocycles. The zero-order chi connectivity index (χ0) is 16.4. The van der Waals surface area contributed by atoms with Crippen LogP contribution in [-0.2, 0) is 13.7 Å². The molecule has 2 aromatic rings. The van der Waals surface area contributed by atoms with Crippen molar-refractivity contribution in [3.8, 4) is 17.1 Å². The van der Waals surface area contributed by atoms with Crippen molar-refractivity contribution < 1.29 is 14.7 Å². The van der Waals surface area contributed by atoms with Crippen molar-refractivity contribution in [1.29, 1.82) is 0 Å². The van der Waals surface area contributed by atoms with Gasteiger partial charge in [-0.15, -0.1) is 5.10 Å². The van der Waals surface area contributed by atoms with Gasteiger partial charge in [-0.2, -0.15) is 4.68 Å². The van der Waals surface area contributed by atoms with Gasteiger partial charge >= 0.3 is 0 Å². The van der Waals surface area contributed by atoms with Gasteiger partial charge in [0.2, 0.25) is 4.77 Å². The van der Waals surface area contributed by atoms with Gasteiger partial charge in [0.15, 0.2) is 12.5 Å². The van der Waals surface area contributed by atoms with Gasteiger partial charge in [0.25, 0.3) is 0 Å². The van der Waals surface area contributed by atoms with Crippen molar-refractivity contribution in [2.75, 3.05) is 20.2 Å². The lowest BCUT2D eigenvalue weighted by atomic mass is 10.1. The fraction of sp³-hybridized carbons (Fsp3) is 0.500. The third kappa shape index (κ3) is 3.31. The molecule has 23 heavy (non-hydrogen) atoms. The van der Waals surface area contributed by atoms with Crippen LogP contribution in [0.1, 0.15) is 12.8 Å². The predicted octanol–water partition coefficient (Wildman–Crippen LogP) is 0.624. The van der Waals surface area contributed by atoms with E-state index in [4.69, 9.17) is 22.1 Å². The summed E-state index contributed by atoms with van der Waals surface area (Å²) in [7, 11) is 3.58. The Morgan fingerprint density at radius 1 is 1.43 bits per heavy atom. The number of para-hydroxylation sites is 1. The van der Waals surface area contributed by atoms with Gasteiger partial charge in [-0.05, 0) is 37.2 Å². The first-order valence-electron chi connectivity index (χ1n) is 7.89. The number of benzene rings is 1. The third-order valence-corrected chi connectivity index (χ3v) is 4.84. The van der Waals surface area contributed by atoms with Crippen LogP contribution < -0.4 is 9.64 Å². The number of aromatic nitrogens is 3. The lowest BCUT2D eigenvalue weighted by Crippen LogP contribution is -3.13. The third-order valence-electron chi connectivity index (χ3n) is 4.35. The summed E-state index contributed by atoms with van der Waals surface area (Å²) >= 11 is 5.54. The summed E-state index contributed by atoms with van der Waals surface area (Å²) in [6.45, 7) is 2.47. The molecule has 7 heteroatoms. The minimum Gasteiger partial charge on any atom is -0.496 e. The highest BCUT2D eigenvalue weighted by Crippen LogP contribution is 2.27. The Labute approximate surface area is 140 Å². The van der Waals surface area contributed by atoms with Crippen LogP contribution in [0.15, 0.2) is 24.3 Å². The van der Waals surface area contributed by atoms with Crippen LogP contribution in [0.3, 0.4) is 0 Å². The molecule has 0 spiro atoms. The maximum Gasteiger partial charge on any atom is 0.202 e. The first kappa shape index (κ1) is 16.2. The molecular weight excluding hydrogens is 312 g/mol. The standard InChI is InChI=1S/C16H22N4O2S/c1-18-15(13-7-3-4-8-14(13)22-2)17-20(16(18)23)11-19-9-5-6-12(21)10-19/h3-4,7-8,12,21H,5-6,9-11H2,1-2H3/p+1/t12-/m1/s1. The molecule has 1 aromatic heterocycles. The van der Waals surface area contributed by atoms with Gasteiger partial charge in [0, 0.05) is 7.05 Å². The van der Waals surface area contributed by atoms with Crippen LogP contribution in [-0.4, -0.2) is 45.8 Å². The lowest BCUT2D eigenvalue weighted by Gasteiger charge is -2.26. The number of likely N-dealkylation sites (tertiary alicyclic amines) is 1. The molecule has 1 aliphatic heterocycles. The summed E-state index contributed by atoms with van der Waals surface area (Å²) < 4.78 is 9.87. The zero-order valence-corrected chi connectivity index (χ0v) is 14.3. The Morgan fingerprint density at radius 2 is 2.22 bits per heavy atom. The number of rotatable bonds is 4. The summed E-state index contributed by atoms with van der Waals surface area (Å²) in [5.41, 5.74) is 0.927. The van der Waals surface area contributed by atoms with E-state index >= 15 is 0 Å². The molecule has 2 heterocycles. The Balaban J connectivity index is 1.91.